The molecule has 0 saturated carbocycles. The summed E-state index contributed by atoms with van der Waals surface area (Å²) in [5.74, 6) is 0.524. The van der Waals surface area contributed by atoms with E-state index in [1.165, 1.54) is 227 Å². The van der Waals surface area contributed by atoms with Crippen LogP contribution in [-0.2, 0) is 29.4 Å². The maximum atomic E-state index is 6.30. The van der Waals surface area contributed by atoms with Crippen LogP contribution in [0.3, 0.4) is 0 Å². The smallest absolute Gasteiger partial charge is 0.399 e. The summed E-state index contributed by atoms with van der Waals surface area (Å²) in [7, 11) is -0.784. The molecule has 3 aromatic heterocycles. The third kappa shape index (κ3) is 20.9. The maximum Gasteiger partial charge on any atom is 0.494 e. The van der Waals surface area contributed by atoms with Crippen molar-refractivity contribution in [2.75, 3.05) is 4.90 Å². The van der Waals surface area contributed by atoms with Gasteiger partial charge in [-0.15, -0.1) is 22.7 Å². The van der Waals surface area contributed by atoms with Crippen LogP contribution in [0.2, 0.25) is 0 Å². The molecule has 1 unspecified atom stereocenters. The van der Waals surface area contributed by atoms with E-state index >= 15 is 0 Å². The van der Waals surface area contributed by atoms with Crippen molar-refractivity contribution in [1.29, 1.82) is 0 Å². The van der Waals surface area contributed by atoms with Crippen molar-refractivity contribution in [3.8, 4) is 43.1 Å². The Balaban J connectivity index is 0.000000175. The summed E-state index contributed by atoms with van der Waals surface area (Å²) in [4.78, 5) is 4.69. The zero-order chi connectivity index (χ0) is 82.4. The van der Waals surface area contributed by atoms with Crippen molar-refractivity contribution >= 4 is 151 Å². The van der Waals surface area contributed by atoms with E-state index in [0.29, 0.717) is 5.92 Å². The number of anilines is 3. The topological polar surface area (TPSA) is 65.9 Å². The van der Waals surface area contributed by atoms with E-state index in [9.17, 15) is 0 Å². The van der Waals surface area contributed by atoms with Crippen LogP contribution in [0.4, 0.5) is 17.1 Å². The highest BCUT2D eigenvalue weighted by Crippen LogP contribution is 2.62. The lowest BCUT2D eigenvalue weighted by molar-refractivity contribution is 0.00578. The second-order valence-electron chi connectivity index (χ2n) is 35.5. The number of hydrogen-bond donors (Lipinski definition) is 0. The fraction of sp³-hybridized carbons (Fsp3) is 0.500. The molecule has 0 spiro atoms. The Bertz CT molecular complexity index is 4480. The number of benzene rings is 7. The van der Waals surface area contributed by atoms with E-state index < -0.39 is 14.2 Å². The zero-order valence-corrected chi connectivity index (χ0v) is 80.8. The highest BCUT2D eigenvalue weighted by Gasteiger charge is 2.54. The second kappa shape index (κ2) is 41.1. The number of unbranched alkanes of at least 4 members (excludes halogenated alkanes) is 20. The van der Waals surface area contributed by atoms with Crippen LogP contribution in [-0.4, -0.2) is 45.4 Å². The third-order valence-electron chi connectivity index (χ3n) is 26.4. The quantitative estimate of drug-likeness (QED) is 0.0284. The first-order valence-corrected chi connectivity index (χ1v) is 49.7. The minimum Gasteiger partial charge on any atom is -0.399 e. The van der Waals surface area contributed by atoms with Crippen molar-refractivity contribution in [3.63, 3.8) is 0 Å². The minimum absolute atomic E-state index is 0.0956. The van der Waals surface area contributed by atoms with Gasteiger partial charge in [-0.1, -0.05) is 288 Å². The molecule has 1 atom stereocenters. The molecule has 10 aromatic rings. The molecule has 116 heavy (non-hydrogen) atoms. The molecule has 0 amide bonds. The van der Waals surface area contributed by atoms with E-state index in [1.807, 2.05) is 0 Å². The zero-order valence-electron chi connectivity index (χ0n) is 72.0. The summed E-state index contributed by atoms with van der Waals surface area (Å²) in [6.07, 6.45) is 38.8. The summed E-state index contributed by atoms with van der Waals surface area (Å²) < 4.78 is 39.0. The number of fused-ring (bicyclic) bond motifs is 7. The Morgan fingerprint density at radius 1 is 0.345 bits per heavy atom. The van der Waals surface area contributed by atoms with E-state index in [1.54, 1.807) is 56.1 Å². The lowest BCUT2D eigenvalue weighted by Gasteiger charge is -2.35. The Labute approximate surface area is 744 Å². The van der Waals surface area contributed by atoms with Gasteiger partial charge in [0.15, 0.2) is 0 Å². The van der Waals surface area contributed by atoms with Crippen molar-refractivity contribution in [1.82, 2.24) is 8.75 Å². The normalized spacial score (nSPS) is 16.4. The van der Waals surface area contributed by atoms with Crippen LogP contribution in [0, 0.1) is 0 Å². The van der Waals surface area contributed by atoms with Crippen LogP contribution in [0.5, 0.6) is 0 Å². The van der Waals surface area contributed by atoms with Crippen molar-refractivity contribution in [3.05, 3.63) is 202 Å². The number of aromatic nitrogens is 2. The van der Waals surface area contributed by atoms with E-state index in [4.69, 9.17) is 18.6 Å². The summed E-state index contributed by atoms with van der Waals surface area (Å²) >= 11 is 19.7. The van der Waals surface area contributed by atoms with E-state index in [-0.39, 0.29) is 33.2 Å². The first-order chi connectivity index (χ1) is 55.8. The summed E-state index contributed by atoms with van der Waals surface area (Å²) in [5, 5.41) is 0. The maximum absolute atomic E-state index is 6.30. The summed E-state index contributed by atoms with van der Waals surface area (Å²) in [5.41, 5.74) is 22.3. The predicted octanol–water partition coefficient (Wildman–Crippen LogP) is 32.7. The average Bonchev–Trinajstić information content (AvgIpc) is 1.53. The van der Waals surface area contributed by atoms with E-state index in [0.717, 1.165) is 64.1 Å². The molecule has 16 heteroatoms. The van der Waals surface area contributed by atoms with Gasteiger partial charge in [-0.2, -0.15) is 8.75 Å². The molecule has 2 saturated heterocycles. The van der Waals surface area contributed by atoms with Crippen LogP contribution in [0.1, 0.15) is 317 Å². The number of halogens is 4. The lowest BCUT2D eigenvalue weighted by atomic mass is 9.68. The van der Waals surface area contributed by atoms with Gasteiger partial charge in [-0.05, 0) is 283 Å². The van der Waals surface area contributed by atoms with Crippen LogP contribution < -0.4 is 15.8 Å². The molecule has 7 nitrogen and oxygen atoms in total. The Hall–Kier alpha value is -4.55. The number of rotatable bonds is 37. The molecular formula is C100H127B2Br4N3O4S3. The third-order valence-corrected chi connectivity index (χ3v) is 31.2. The van der Waals surface area contributed by atoms with Crippen LogP contribution in [0.25, 0.3) is 54.2 Å². The number of thiophene rings is 2. The fourth-order valence-electron chi connectivity index (χ4n) is 17.9. The van der Waals surface area contributed by atoms with Gasteiger partial charge in [-0.25, -0.2) is 0 Å². The Kier molecular flexibility index (Phi) is 32.1. The molecule has 2 fully saturated rings. The standard InChI is InChI=1S/C52H76Br2.C34H45B2NO4.C14H6Br2N2S3/c1-5-9-13-17-21-25-33-51(34-26-22-18-14-10-6-2)47-37-41(53)29-31-43(47)45-40-50-46(39-49(45)51)44-32-30-42(54)38-48(44)52(50,35-27-23-19-15-11-7-3)36-28-24-20-16-12-8-4;1-11-24(2)25-12-18-28(19-13-25)37(29-20-14-26(15-21-29)35-38-31(3,4)32(5,6)39-35)30-22-16-27(17-23-30)36-40-33(7,8)34(9,10)41-36;15-11-5-3-9(19-11)7-1-2-8(10-4-6-12(16)20-10)14-13(7)17-21-18-14/h29-32,37-40H,5-28,33-36H2,1-4H3;12-24H,11H2,1-10H3;1-6H. The molecule has 0 bridgehead atoms. The van der Waals surface area contributed by atoms with E-state index in [2.05, 4.69) is 332 Å². The number of hydrogen-bond acceptors (Lipinski definition) is 10. The Morgan fingerprint density at radius 2 is 0.647 bits per heavy atom. The van der Waals surface area contributed by atoms with Crippen LogP contribution >= 0.6 is 98.1 Å². The molecule has 2 aliphatic heterocycles. The molecule has 0 radical (unpaired) electrons. The lowest BCUT2D eigenvalue weighted by Crippen LogP contribution is -2.41. The first kappa shape index (κ1) is 90.7. The average molecular weight is 1870 g/mol. The van der Waals surface area contributed by atoms with Gasteiger partial charge in [0.05, 0.1) is 41.7 Å². The SMILES string of the molecule is Brc1ccc(-c2ccc(-c3ccc(Br)s3)c3nsnc23)s1.CCC(C)c1ccc(N(c2ccc(B3OC(C)(C)C(C)(C)O3)cc2)c2ccc(B3OC(C)(C)C(C)(C)O3)cc2)cc1.CCCCCCCCC1(CCCCCCCC)c2cc(Br)ccc2-c2cc3c(cc21)-c1ccc(Br)cc1C3(CCCCCCCC)CCCCCCCC. The molecule has 618 valence electrons. The van der Waals surface area contributed by atoms with Gasteiger partial charge in [-0.3, -0.25) is 0 Å². The van der Waals surface area contributed by atoms with Crippen LogP contribution in [0.15, 0.2) is 174 Å². The number of nitrogens with zero attached hydrogens (tertiary/aromatic N) is 3. The van der Waals surface area contributed by atoms with Crippen molar-refractivity contribution < 1.29 is 18.6 Å². The molecule has 14 rings (SSSR count). The molecular weight excluding hydrogens is 1740 g/mol. The predicted molar refractivity (Wildman–Crippen MR) is 517 cm³/mol. The Morgan fingerprint density at radius 3 is 0.957 bits per heavy atom. The summed E-state index contributed by atoms with van der Waals surface area (Å²) in [6.45, 7) is 30.5. The molecule has 2 aliphatic carbocycles. The van der Waals surface area contributed by atoms with Crippen molar-refractivity contribution in [2.24, 2.45) is 0 Å². The monoisotopic (exact) mass is 1870 g/mol. The van der Waals surface area contributed by atoms with Gasteiger partial charge >= 0.3 is 14.2 Å². The fourth-order valence-corrected chi connectivity index (χ4v) is 22.0. The highest BCUT2D eigenvalue weighted by atomic mass is 79.9. The van der Waals surface area contributed by atoms with Gasteiger partial charge in [0, 0.05) is 57.7 Å². The minimum atomic E-state index is -0.392. The van der Waals surface area contributed by atoms with Gasteiger partial charge < -0.3 is 23.5 Å². The molecule has 4 aliphatic rings. The summed E-state index contributed by atoms with van der Waals surface area (Å²) in [6, 6.07) is 58.8. The highest BCUT2D eigenvalue weighted by molar-refractivity contribution is 9.11. The largest absolute Gasteiger partial charge is 0.494 e. The van der Waals surface area contributed by atoms with Crippen molar-refractivity contribution in [2.45, 2.75) is 322 Å². The van der Waals surface area contributed by atoms with Gasteiger partial charge in [0.25, 0.3) is 0 Å². The molecule has 0 N–H and O–H groups in total. The van der Waals surface area contributed by atoms with Gasteiger partial charge in [0.1, 0.15) is 11.0 Å². The first-order valence-electron chi connectivity index (χ1n) is 44.2. The molecule has 7 aromatic carbocycles. The molecule has 5 heterocycles. The van der Waals surface area contributed by atoms with Gasteiger partial charge in [0.2, 0.25) is 0 Å². The second-order valence-corrected chi connectivity index (χ2v) is 42.8.